The smallest absolute Gasteiger partial charge is 0.154 e. The molecule has 2 rings (SSSR count). The van der Waals surface area contributed by atoms with Gasteiger partial charge in [0.25, 0.3) is 0 Å². The molecule has 2 aromatic rings. The summed E-state index contributed by atoms with van der Waals surface area (Å²) in [5.41, 5.74) is 7.96. The third kappa shape index (κ3) is 2.66. The molecule has 0 aliphatic heterocycles. The largest absolute Gasteiger partial charge is 0.326 e. The number of hydrogen-bond acceptors (Lipinski definition) is 4. The van der Waals surface area contributed by atoms with Crippen LogP contribution in [0.5, 0.6) is 0 Å². The van der Waals surface area contributed by atoms with Gasteiger partial charge in [-0.2, -0.15) is 0 Å². The highest BCUT2D eigenvalue weighted by molar-refractivity contribution is 9.10. The molecule has 0 bridgehead atoms. The first-order valence-electron chi connectivity index (χ1n) is 4.78. The van der Waals surface area contributed by atoms with Crippen molar-refractivity contribution in [1.29, 1.82) is 0 Å². The van der Waals surface area contributed by atoms with E-state index in [1.807, 2.05) is 19.1 Å². The fourth-order valence-corrected chi connectivity index (χ4v) is 3.93. The Labute approximate surface area is 111 Å². The number of nitrogens with zero attached hydrogens (tertiary/aromatic N) is 1. The molecule has 1 aromatic carbocycles. The normalized spacial score (nSPS) is 10.7. The lowest BCUT2D eigenvalue weighted by Crippen LogP contribution is -1.99. The van der Waals surface area contributed by atoms with E-state index in [1.165, 1.54) is 4.90 Å². The maximum absolute atomic E-state index is 5.75. The second-order valence-electron chi connectivity index (χ2n) is 3.28. The molecule has 84 valence electrons. The van der Waals surface area contributed by atoms with Crippen LogP contribution in [0.1, 0.15) is 11.3 Å². The van der Waals surface area contributed by atoms with E-state index in [9.17, 15) is 0 Å². The van der Waals surface area contributed by atoms with Crippen LogP contribution in [-0.4, -0.2) is 4.98 Å². The molecule has 0 radical (unpaired) electrons. The minimum Gasteiger partial charge on any atom is -0.326 e. The van der Waals surface area contributed by atoms with Gasteiger partial charge in [0.2, 0.25) is 0 Å². The van der Waals surface area contributed by atoms with Crippen LogP contribution in [0.4, 0.5) is 0 Å². The minimum atomic E-state index is 0.536. The zero-order valence-electron chi connectivity index (χ0n) is 8.74. The van der Waals surface area contributed by atoms with Crippen LogP contribution in [0.2, 0.25) is 0 Å². The molecule has 0 spiro atoms. The van der Waals surface area contributed by atoms with E-state index in [-0.39, 0.29) is 0 Å². The van der Waals surface area contributed by atoms with Crippen LogP contribution in [-0.2, 0) is 6.54 Å². The van der Waals surface area contributed by atoms with Gasteiger partial charge in [-0.1, -0.05) is 33.8 Å². The van der Waals surface area contributed by atoms with Crippen molar-refractivity contribution in [2.45, 2.75) is 22.7 Å². The van der Waals surface area contributed by atoms with Crippen molar-refractivity contribution in [2.24, 2.45) is 5.73 Å². The Morgan fingerprint density at radius 2 is 2.31 bits per heavy atom. The van der Waals surface area contributed by atoms with E-state index in [0.717, 1.165) is 20.1 Å². The molecular weight excluding hydrogens is 304 g/mol. The molecule has 2 nitrogen and oxygen atoms in total. The number of halogens is 1. The number of aryl methyl sites for hydroxylation is 1. The zero-order valence-corrected chi connectivity index (χ0v) is 12.0. The quantitative estimate of drug-likeness (QED) is 0.936. The third-order valence-electron chi connectivity index (χ3n) is 2.08. The summed E-state index contributed by atoms with van der Waals surface area (Å²) in [6, 6.07) is 6.11. The second-order valence-corrected chi connectivity index (χ2v) is 6.28. The first-order chi connectivity index (χ1) is 7.70. The highest BCUT2D eigenvalue weighted by atomic mass is 79.9. The monoisotopic (exact) mass is 314 g/mol. The van der Waals surface area contributed by atoms with Gasteiger partial charge >= 0.3 is 0 Å². The fraction of sp³-hybridized carbons (Fsp3) is 0.182. The van der Waals surface area contributed by atoms with Gasteiger partial charge in [0.15, 0.2) is 4.34 Å². The van der Waals surface area contributed by atoms with E-state index < -0.39 is 0 Å². The number of rotatable bonds is 3. The van der Waals surface area contributed by atoms with Crippen molar-refractivity contribution in [3.05, 3.63) is 39.3 Å². The highest BCUT2D eigenvalue weighted by Crippen LogP contribution is 2.35. The van der Waals surface area contributed by atoms with Crippen LogP contribution in [0.25, 0.3) is 0 Å². The van der Waals surface area contributed by atoms with Gasteiger partial charge in [-0.3, -0.25) is 0 Å². The van der Waals surface area contributed by atoms with E-state index in [2.05, 4.69) is 32.4 Å². The number of hydrogen-bond donors (Lipinski definition) is 1. The second kappa shape index (κ2) is 5.31. The highest BCUT2D eigenvalue weighted by Gasteiger charge is 2.08. The van der Waals surface area contributed by atoms with Crippen LogP contribution in [0.15, 0.2) is 37.3 Å². The summed E-state index contributed by atoms with van der Waals surface area (Å²) in [6.45, 7) is 2.54. The van der Waals surface area contributed by atoms with Crippen molar-refractivity contribution >= 4 is 39.0 Å². The lowest BCUT2D eigenvalue weighted by atomic mass is 10.2. The van der Waals surface area contributed by atoms with Crippen LogP contribution < -0.4 is 5.73 Å². The predicted octanol–water partition coefficient (Wildman–Crippen LogP) is 3.82. The van der Waals surface area contributed by atoms with Crippen LogP contribution in [0.3, 0.4) is 0 Å². The Bertz CT molecular complexity index is 496. The lowest BCUT2D eigenvalue weighted by Gasteiger charge is -2.07. The van der Waals surface area contributed by atoms with Gasteiger partial charge in [0.1, 0.15) is 0 Å². The molecule has 0 aliphatic carbocycles. The van der Waals surface area contributed by atoms with Crippen molar-refractivity contribution in [1.82, 2.24) is 4.98 Å². The van der Waals surface area contributed by atoms with Crippen molar-refractivity contribution in [3.63, 3.8) is 0 Å². The van der Waals surface area contributed by atoms with E-state index >= 15 is 0 Å². The molecule has 0 aliphatic rings. The minimum absolute atomic E-state index is 0.536. The van der Waals surface area contributed by atoms with Crippen LogP contribution in [0, 0.1) is 6.92 Å². The first kappa shape index (κ1) is 12.1. The lowest BCUT2D eigenvalue weighted by molar-refractivity contribution is 1.01. The molecule has 0 saturated heterocycles. The van der Waals surface area contributed by atoms with Crippen molar-refractivity contribution in [2.75, 3.05) is 0 Å². The first-order valence-corrected chi connectivity index (χ1v) is 7.27. The van der Waals surface area contributed by atoms with E-state index in [1.54, 1.807) is 23.1 Å². The number of aromatic nitrogens is 1. The maximum Gasteiger partial charge on any atom is 0.154 e. The third-order valence-corrected chi connectivity index (χ3v) is 4.98. The Hall–Kier alpha value is -0.360. The van der Waals surface area contributed by atoms with Gasteiger partial charge in [0, 0.05) is 27.0 Å². The Kier molecular flexibility index (Phi) is 4.02. The SMILES string of the molecule is Cc1csc(Sc2cccc(Br)c2CN)n1. The summed E-state index contributed by atoms with van der Waals surface area (Å²) in [7, 11) is 0. The molecule has 0 amide bonds. The van der Waals surface area contributed by atoms with E-state index in [0.29, 0.717) is 6.54 Å². The molecule has 1 heterocycles. The van der Waals surface area contributed by atoms with Crippen molar-refractivity contribution < 1.29 is 0 Å². The molecule has 1 aromatic heterocycles. The molecule has 5 heteroatoms. The summed E-state index contributed by atoms with van der Waals surface area (Å²) < 4.78 is 2.12. The predicted molar refractivity (Wildman–Crippen MR) is 73.0 cm³/mol. The Morgan fingerprint density at radius 1 is 1.50 bits per heavy atom. The molecule has 0 fully saturated rings. The van der Waals surface area contributed by atoms with Gasteiger partial charge in [0.05, 0.1) is 0 Å². The molecule has 2 N–H and O–H groups in total. The Balaban J connectivity index is 2.30. The number of thiazole rings is 1. The standard InChI is InChI=1S/C11H11BrN2S2/c1-7-6-15-11(14-7)16-10-4-2-3-9(12)8(10)5-13/h2-4,6H,5,13H2,1H3. The molecule has 16 heavy (non-hydrogen) atoms. The average molecular weight is 315 g/mol. The van der Waals surface area contributed by atoms with Crippen molar-refractivity contribution in [3.8, 4) is 0 Å². The van der Waals surface area contributed by atoms with Gasteiger partial charge in [-0.05, 0) is 24.6 Å². The maximum atomic E-state index is 5.75. The summed E-state index contributed by atoms with van der Waals surface area (Å²) in [5.74, 6) is 0. The number of benzene rings is 1. The van der Waals surface area contributed by atoms with E-state index in [4.69, 9.17) is 5.73 Å². The molecule has 0 atom stereocenters. The molecule has 0 unspecified atom stereocenters. The topological polar surface area (TPSA) is 38.9 Å². The summed E-state index contributed by atoms with van der Waals surface area (Å²) >= 11 is 6.85. The van der Waals surface area contributed by atoms with Gasteiger partial charge in [-0.15, -0.1) is 11.3 Å². The van der Waals surface area contributed by atoms with Gasteiger partial charge < -0.3 is 5.73 Å². The average Bonchev–Trinajstić information content (AvgIpc) is 2.64. The fourth-order valence-electron chi connectivity index (χ4n) is 1.31. The summed E-state index contributed by atoms with van der Waals surface area (Å²) in [5, 5.41) is 2.06. The van der Waals surface area contributed by atoms with Gasteiger partial charge in [-0.25, -0.2) is 4.98 Å². The summed E-state index contributed by atoms with van der Waals surface area (Å²) in [6.07, 6.45) is 0. The summed E-state index contributed by atoms with van der Waals surface area (Å²) in [4.78, 5) is 5.61. The number of nitrogens with two attached hydrogens (primary N) is 1. The Morgan fingerprint density at radius 3 is 2.94 bits per heavy atom. The molecular formula is C11H11BrN2S2. The molecule has 0 saturated carbocycles. The zero-order chi connectivity index (χ0) is 11.5. The van der Waals surface area contributed by atoms with Crippen LogP contribution >= 0.6 is 39.0 Å².